The largest absolute Gasteiger partial charge is 0.480 e. The van der Waals surface area contributed by atoms with Crippen molar-refractivity contribution in [2.75, 3.05) is 6.54 Å². The molecule has 1 aromatic rings. The topological polar surface area (TPSA) is 245 Å². The van der Waals surface area contributed by atoms with E-state index < -0.39 is 45.8 Å². The predicted molar refractivity (Wildman–Crippen MR) is 190 cm³/mol. The average Bonchev–Trinajstić information content (AvgIpc) is 3.38. The average molecular weight is 729 g/mol. The molecule has 1 heterocycles. The summed E-state index contributed by atoms with van der Waals surface area (Å²) in [6.07, 6.45) is 10.0. The van der Waals surface area contributed by atoms with E-state index in [1.54, 1.807) is 6.07 Å². The van der Waals surface area contributed by atoms with Crippen molar-refractivity contribution in [1.82, 2.24) is 5.32 Å². The minimum Gasteiger partial charge on any atom is -0.480 e. The third-order valence-electron chi connectivity index (χ3n) is 13.2. The molecule has 14 heteroatoms. The quantitative estimate of drug-likeness (QED) is 0.0473. The number of hydrogen-bond acceptors (Lipinski definition) is 10. The molecule has 4 aliphatic rings. The number of unbranched alkanes of at least 4 members (excludes halogenated alkanes) is 3. The first-order valence-electron chi connectivity index (χ1n) is 18.9. The maximum absolute atomic E-state index is 13.1. The normalized spacial score (nSPS) is 34.1. The number of carboxylic acids is 1. The molecule has 0 radical (unpaired) electrons. The molecule has 0 unspecified atom stereocenters. The number of carbonyl (C=O) groups is 4. The van der Waals surface area contributed by atoms with E-state index >= 15 is 0 Å². The molecule has 0 saturated heterocycles. The fourth-order valence-electron chi connectivity index (χ4n) is 10.5. The summed E-state index contributed by atoms with van der Waals surface area (Å²) in [7, 11) is 0. The number of carboxylic acid groups (broad SMARTS) is 1. The molecule has 288 valence electrons. The Morgan fingerprint density at radius 3 is 2.40 bits per heavy atom. The lowest BCUT2D eigenvalue weighted by Crippen LogP contribution is -2.68. The van der Waals surface area contributed by atoms with E-state index in [4.69, 9.17) is 20.6 Å². The summed E-state index contributed by atoms with van der Waals surface area (Å²) in [5, 5.41) is 36.5. The van der Waals surface area contributed by atoms with Gasteiger partial charge >= 0.3 is 17.6 Å². The summed E-state index contributed by atoms with van der Waals surface area (Å²) in [5.74, 6) is -2.25. The third-order valence-corrected chi connectivity index (χ3v) is 13.2. The molecule has 0 bridgehead atoms. The number of amides is 1. The number of ether oxygens (including phenoxy) is 1. The summed E-state index contributed by atoms with van der Waals surface area (Å²) >= 11 is 0. The predicted octanol–water partition coefficient (Wildman–Crippen LogP) is 3.05. The number of nitrogens with one attached hydrogen (secondary N) is 1. The van der Waals surface area contributed by atoms with E-state index in [1.165, 1.54) is 12.3 Å². The van der Waals surface area contributed by atoms with Gasteiger partial charge in [0, 0.05) is 37.3 Å². The Morgan fingerprint density at radius 1 is 1.00 bits per heavy atom. The van der Waals surface area contributed by atoms with Gasteiger partial charge in [-0.15, -0.1) is 0 Å². The molecule has 4 aliphatic carbocycles. The zero-order chi connectivity index (χ0) is 37.7. The van der Waals surface area contributed by atoms with Crippen molar-refractivity contribution in [3.8, 4) is 0 Å². The number of nitrogens with two attached hydrogens (primary N) is 2. The lowest BCUT2D eigenvalue weighted by Gasteiger charge is -2.65. The number of nitrogens with zero attached hydrogens (tertiary/aromatic N) is 1. The van der Waals surface area contributed by atoms with Crippen molar-refractivity contribution in [3.05, 3.63) is 34.4 Å². The Balaban J connectivity index is 1.07. The van der Waals surface area contributed by atoms with Crippen LogP contribution < -0.4 is 22.4 Å². The van der Waals surface area contributed by atoms with Crippen LogP contribution in [0.15, 0.2) is 32.6 Å². The van der Waals surface area contributed by atoms with Crippen LogP contribution in [0.2, 0.25) is 0 Å². The lowest BCUT2D eigenvalue weighted by atomic mass is 9.41. The van der Waals surface area contributed by atoms with E-state index in [0.717, 1.165) is 18.3 Å². The number of aliphatic carboxylic acids is 1. The van der Waals surface area contributed by atoms with E-state index in [9.17, 15) is 39.3 Å². The number of carbonyl (C=O) groups excluding carboxylic acids is 3. The molecule has 0 aliphatic heterocycles. The van der Waals surface area contributed by atoms with Gasteiger partial charge in [0.25, 0.3) is 0 Å². The fraction of sp³-hybridized carbons (Fsp3) is 0.737. The molecule has 8 N–H and O–H groups in total. The van der Waals surface area contributed by atoms with Crippen LogP contribution in [0, 0.1) is 22.7 Å². The number of rotatable bonds is 16. The highest BCUT2D eigenvalue weighted by Gasteiger charge is 2.71. The van der Waals surface area contributed by atoms with Gasteiger partial charge in [-0.25, -0.2) is 9.59 Å². The first-order valence-corrected chi connectivity index (χ1v) is 18.9. The summed E-state index contributed by atoms with van der Waals surface area (Å²) < 4.78 is 11.0. The van der Waals surface area contributed by atoms with Gasteiger partial charge in [0.05, 0.1) is 22.9 Å². The van der Waals surface area contributed by atoms with Crippen molar-refractivity contribution < 1.29 is 43.7 Å². The summed E-state index contributed by atoms with van der Waals surface area (Å²) in [6.45, 7) is 2.39. The van der Waals surface area contributed by atoms with Gasteiger partial charge in [-0.3, -0.25) is 14.6 Å². The van der Waals surface area contributed by atoms with Gasteiger partial charge in [-0.05, 0) is 106 Å². The van der Waals surface area contributed by atoms with Crippen molar-refractivity contribution in [1.29, 1.82) is 0 Å². The van der Waals surface area contributed by atoms with E-state index in [2.05, 4.69) is 17.2 Å². The Morgan fingerprint density at radius 2 is 1.73 bits per heavy atom. The zero-order valence-corrected chi connectivity index (χ0v) is 30.2. The third kappa shape index (κ3) is 7.78. The van der Waals surface area contributed by atoms with Gasteiger partial charge < -0.3 is 46.1 Å². The zero-order valence-electron chi connectivity index (χ0n) is 30.2. The van der Waals surface area contributed by atoms with E-state index in [-0.39, 0.29) is 67.8 Å². The highest BCUT2D eigenvalue weighted by molar-refractivity contribution is 5.83. The highest BCUT2D eigenvalue weighted by atomic mass is 16.5. The van der Waals surface area contributed by atoms with Gasteiger partial charge in [-0.1, -0.05) is 19.8 Å². The minimum atomic E-state index is -1.34. The number of aliphatic imine (C=N–C) groups is 1. The van der Waals surface area contributed by atoms with Crippen LogP contribution in [0.5, 0.6) is 0 Å². The number of esters is 1. The van der Waals surface area contributed by atoms with Crippen molar-refractivity contribution >= 4 is 30.1 Å². The van der Waals surface area contributed by atoms with Crippen LogP contribution in [-0.4, -0.2) is 75.3 Å². The summed E-state index contributed by atoms with van der Waals surface area (Å²) in [4.78, 5) is 65.1. The second-order valence-electron chi connectivity index (χ2n) is 16.0. The number of aliphatic hydroxyl groups is 2. The number of hydrogen-bond donors (Lipinski definition) is 6. The summed E-state index contributed by atoms with van der Waals surface area (Å²) in [5.41, 5.74) is 7.17. The standard InChI is InChI=1S/C38H56N4O10/c1-35-16-13-27-28(38(35,50)19-15-26(35)24-10-11-31(45)51-22-24)14-18-37(49)21-25(12-17-36(27,37)23-43)52-32(46)9-5-3-2-4-8-30(44)42-29(33(47)48)7-6-20-41-34(39)40/h10-11,22-23,25-29,49-50H,2-9,12-21H2,1H3,(H,42,44)(H,47,48)(H4,39,40,41)/t25-,26+,27-,28+,29-,35+,36-,37-,38-/m0/s1. The Hall–Kier alpha value is -3.78. The number of fused-ring (bicyclic) bond motifs is 5. The smallest absolute Gasteiger partial charge is 0.335 e. The van der Waals surface area contributed by atoms with Gasteiger partial charge in [0.2, 0.25) is 5.91 Å². The molecule has 14 nitrogen and oxygen atoms in total. The SMILES string of the molecule is C[C@]12CC[C@H]3[C@@H](CC[C@]4(O)C[C@@H](OC(=O)CCCCCCC(=O)N[C@@H](CCCN=C(N)N)C(=O)O)CC[C@]34C=O)[C@@]1(O)CC[C@@H]2c1ccc(=O)oc1. The first kappa shape index (κ1) is 39.4. The molecule has 4 fully saturated rings. The molecule has 52 heavy (non-hydrogen) atoms. The van der Waals surface area contributed by atoms with Crippen LogP contribution >= 0.6 is 0 Å². The molecule has 1 aromatic heterocycles. The molecule has 1 amide bonds. The van der Waals surface area contributed by atoms with Gasteiger partial charge in [0.1, 0.15) is 18.4 Å². The first-order chi connectivity index (χ1) is 24.7. The van der Waals surface area contributed by atoms with Crippen LogP contribution in [0.4, 0.5) is 0 Å². The van der Waals surface area contributed by atoms with Crippen LogP contribution in [0.25, 0.3) is 0 Å². The highest BCUT2D eigenvalue weighted by Crippen LogP contribution is 2.71. The van der Waals surface area contributed by atoms with Gasteiger partial charge in [0.15, 0.2) is 5.96 Å². The number of aldehydes is 1. The van der Waals surface area contributed by atoms with E-state index in [1.807, 2.05) is 0 Å². The minimum absolute atomic E-state index is 0.0152. The summed E-state index contributed by atoms with van der Waals surface area (Å²) in [6, 6.07) is 2.19. The molecule has 0 spiro atoms. The maximum Gasteiger partial charge on any atom is 0.335 e. The number of guanidine groups is 1. The van der Waals surface area contributed by atoms with E-state index in [0.29, 0.717) is 77.0 Å². The van der Waals surface area contributed by atoms with Crippen molar-refractivity contribution in [2.24, 2.45) is 39.1 Å². The molecule has 0 aromatic carbocycles. The lowest BCUT2D eigenvalue weighted by molar-refractivity contribution is -0.248. The molecular weight excluding hydrogens is 672 g/mol. The molecular formula is C38H56N4O10. The van der Waals surface area contributed by atoms with Crippen molar-refractivity contribution in [2.45, 2.75) is 145 Å². The van der Waals surface area contributed by atoms with Crippen LogP contribution in [0.1, 0.15) is 128 Å². The van der Waals surface area contributed by atoms with Crippen molar-refractivity contribution in [3.63, 3.8) is 0 Å². The molecule has 4 saturated carbocycles. The second kappa shape index (κ2) is 16.1. The maximum atomic E-state index is 13.1. The molecule has 5 rings (SSSR count). The van der Waals surface area contributed by atoms with Crippen LogP contribution in [-0.2, 0) is 23.9 Å². The second-order valence-corrected chi connectivity index (χ2v) is 16.0. The van der Waals surface area contributed by atoms with Crippen LogP contribution in [0.3, 0.4) is 0 Å². The Labute approximate surface area is 304 Å². The Kier molecular flexibility index (Phi) is 12.2. The Bertz CT molecular complexity index is 1540. The molecule has 9 atom stereocenters. The van der Waals surface area contributed by atoms with Gasteiger partial charge in [-0.2, -0.15) is 0 Å². The monoisotopic (exact) mass is 728 g/mol. The fourth-order valence-corrected chi connectivity index (χ4v) is 10.5.